The van der Waals surface area contributed by atoms with Crippen molar-refractivity contribution in [2.45, 2.75) is 20.3 Å². The van der Waals surface area contributed by atoms with E-state index in [9.17, 15) is 4.79 Å². The van der Waals surface area contributed by atoms with E-state index in [1.165, 1.54) is 6.42 Å². The van der Waals surface area contributed by atoms with Crippen molar-refractivity contribution in [1.82, 2.24) is 4.90 Å². The topological polar surface area (TPSA) is 59.5 Å². The summed E-state index contributed by atoms with van der Waals surface area (Å²) in [5.74, 6) is 2.17. The summed E-state index contributed by atoms with van der Waals surface area (Å²) in [5, 5.41) is 0. The number of hydrogen-bond acceptors (Lipinski definition) is 3. The third kappa shape index (κ3) is 3.01. The van der Waals surface area contributed by atoms with E-state index in [-0.39, 0.29) is 5.91 Å². The molecule has 0 radical (unpaired) electrons. The number of carbonyl (C=O) groups is 1. The van der Waals surface area contributed by atoms with Gasteiger partial charge in [0.1, 0.15) is 5.76 Å². The normalized spacial score (nSPS) is 21.8. The number of furan rings is 1. The lowest BCUT2D eigenvalue weighted by molar-refractivity contribution is 0.0592. The molecule has 2 atom stereocenters. The highest BCUT2D eigenvalue weighted by atomic mass is 16.4. The fourth-order valence-electron chi connectivity index (χ4n) is 3.24. The minimum atomic E-state index is -0.0138. The van der Waals surface area contributed by atoms with Crippen molar-refractivity contribution in [2.75, 3.05) is 18.8 Å². The Morgan fingerprint density at radius 1 is 1.09 bits per heavy atom. The Morgan fingerprint density at radius 2 is 1.73 bits per heavy atom. The number of benzene rings is 1. The van der Waals surface area contributed by atoms with Gasteiger partial charge in [0.05, 0.1) is 0 Å². The van der Waals surface area contributed by atoms with Crippen LogP contribution in [0.5, 0.6) is 0 Å². The van der Waals surface area contributed by atoms with Crippen LogP contribution in [0.1, 0.15) is 30.8 Å². The second-order valence-electron chi connectivity index (χ2n) is 6.44. The number of anilines is 1. The second-order valence-corrected chi connectivity index (χ2v) is 6.44. The minimum absolute atomic E-state index is 0.0138. The molecule has 2 heterocycles. The minimum Gasteiger partial charge on any atom is -0.451 e. The summed E-state index contributed by atoms with van der Waals surface area (Å²) in [7, 11) is 0. The molecule has 0 spiro atoms. The van der Waals surface area contributed by atoms with Crippen LogP contribution in [0.25, 0.3) is 11.3 Å². The maximum absolute atomic E-state index is 12.6. The highest BCUT2D eigenvalue weighted by molar-refractivity contribution is 5.92. The van der Waals surface area contributed by atoms with Crippen molar-refractivity contribution in [3.63, 3.8) is 0 Å². The van der Waals surface area contributed by atoms with Crippen LogP contribution < -0.4 is 5.73 Å². The van der Waals surface area contributed by atoms with Crippen molar-refractivity contribution >= 4 is 11.6 Å². The maximum Gasteiger partial charge on any atom is 0.289 e. The molecular formula is C18H22N2O2. The van der Waals surface area contributed by atoms with Gasteiger partial charge < -0.3 is 15.1 Å². The molecule has 2 unspecified atom stereocenters. The zero-order valence-electron chi connectivity index (χ0n) is 13.1. The molecular weight excluding hydrogens is 276 g/mol. The van der Waals surface area contributed by atoms with Crippen molar-refractivity contribution in [2.24, 2.45) is 11.8 Å². The van der Waals surface area contributed by atoms with Gasteiger partial charge in [-0.25, -0.2) is 0 Å². The summed E-state index contributed by atoms with van der Waals surface area (Å²) in [5.41, 5.74) is 7.33. The number of nitrogens with zero attached hydrogens (tertiary/aromatic N) is 1. The van der Waals surface area contributed by atoms with Crippen LogP contribution in [0.3, 0.4) is 0 Å². The van der Waals surface area contributed by atoms with E-state index in [2.05, 4.69) is 13.8 Å². The molecule has 1 saturated heterocycles. The fourth-order valence-corrected chi connectivity index (χ4v) is 3.24. The summed E-state index contributed by atoms with van der Waals surface area (Å²) in [6, 6.07) is 11.1. The molecule has 1 aliphatic heterocycles. The molecule has 4 heteroatoms. The Morgan fingerprint density at radius 3 is 2.36 bits per heavy atom. The third-order valence-corrected chi connectivity index (χ3v) is 4.17. The monoisotopic (exact) mass is 298 g/mol. The van der Waals surface area contributed by atoms with Gasteiger partial charge in [0.15, 0.2) is 5.76 Å². The molecule has 1 aromatic heterocycles. The number of nitrogens with two attached hydrogens (primary N) is 1. The van der Waals surface area contributed by atoms with Gasteiger partial charge in [-0.05, 0) is 54.7 Å². The lowest BCUT2D eigenvalue weighted by atomic mass is 9.92. The van der Waals surface area contributed by atoms with Crippen molar-refractivity contribution in [1.29, 1.82) is 0 Å². The van der Waals surface area contributed by atoms with Gasteiger partial charge in [0.25, 0.3) is 5.91 Å². The average molecular weight is 298 g/mol. The molecule has 1 aliphatic rings. The van der Waals surface area contributed by atoms with Crippen molar-refractivity contribution in [3.05, 3.63) is 42.2 Å². The van der Waals surface area contributed by atoms with Crippen LogP contribution in [0.4, 0.5) is 5.69 Å². The molecule has 0 saturated carbocycles. The first-order valence-electron chi connectivity index (χ1n) is 7.78. The zero-order valence-corrected chi connectivity index (χ0v) is 13.1. The van der Waals surface area contributed by atoms with Crippen molar-refractivity contribution in [3.8, 4) is 11.3 Å². The van der Waals surface area contributed by atoms with E-state index in [1.54, 1.807) is 6.07 Å². The van der Waals surface area contributed by atoms with Crippen LogP contribution in [0, 0.1) is 11.8 Å². The second kappa shape index (κ2) is 5.87. The largest absolute Gasteiger partial charge is 0.451 e. The maximum atomic E-state index is 12.6. The molecule has 2 aromatic rings. The van der Waals surface area contributed by atoms with E-state index in [0.29, 0.717) is 29.0 Å². The zero-order chi connectivity index (χ0) is 15.7. The predicted octanol–water partition coefficient (Wildman–Crippen LogP) is 3.65. The van der Waals surface area contributed by atoms with E-state index < -0.39 is 0 Å². The van der Waals surface area contributed by atoms with Crippen LogP contribution in [0.2, 0.25) is 0 Å². The highest BCUT2D eigenvalue weighted by Crippen LogP contribution is 2.26. The molecule has 1 fully saturated rings. The molecule has 1 aromatic carbocycles. The molecule has 4 nitrogen and oxygen atoms in total. The average Bonchev–Trinajstić information content (AvgIpc) is 2.96. The van der Waals surface area contributed by atoms with E-state index in [1.807, 2.05) is 35.2 Å². The smallest absolute Gasteiger partial charge is 0.289 e. The van der Waals surface area contributed by atoms with Gasteiger partial charge in [-0.2, -0.15) is 0 Å². The standard InChI is InChI=1S/C18H22N2O2/c1-12-9-13(2)11-20(10-12)18(21)17-8-7-16(22-17)14-3-5-15(19)6-4-14/h3-8,12-13H,9-11,19H2,1-2H3. The molecule has 2 N–H and O–H groups in total. The van der Waals surface area contributed by atoms with Gasteiger partial charge in [0.2, 0.25) is 0 Å². The number of rotatable bonds is 2. The Hall–Kier alpha value is -2.23. The lowest BCUT2D eigenvalue weighted by Gasteiger charge is -2.34. The van der Waals surface area contributed by atoms with Gasteiger partial charge in [-0.1, -0.05) is 13.8 Å². The summed E-state index contributed by atoms with van der Waals surface area (Å²) in [6.45, 7) is 6.00. The first-order chi connectivity index (χ1) is 10.5. The number of carbonyl (C=O) groups excluding carboxylic acids is 1. The Kier molecular flexibility index (Phi) is 3.92. The van der Waals surface area contributed by atoms with E-state index in [4.69, 9.17) is 10.2 Å². The Balaban J connectivity index is 1.78. The first kappa shape index (κ1) is 14.7. The first-order valence-corrected chi connectivity index (χ1v) is 7.78. The van der Waals surface area contributed by atoms with E-state index in [0.717, 1.165) is 18.7 Å². The van der Waals surface area contributed by atoms with E-state index >= 15 is 0 Å². The summed E-state index contributed by atoms with van der Waals surface area (Å²) >= 11 is 0. The predicted molar refractivity (Wildman–Crippen MR) is 87.4 cm³/mol. The van der Waals surface area contributed by atoms with Gasteiger partial charge in [-0.15, -0.1) is 0 Å². The number of amides is 1. The van der Waals surface area contributed by atoms with Gasteiger partial charge in [-0.3, -0.25) is 4.79 Å². The molecule has 3 rings (SSSR count). The highest BCUT2D eigenvalue weighted by Gasteiger charge is 2.27. The summed E-state index contributed by atoms with van der Waals surface area (Å²) < 4.78 is 5.76. The lowest BCUT2D eigenvalue weighted by Crippen LogP contribution is -2.42. The molecule has 0 bridgehead atoms. The molecule has 22 heavy (non-hydrogen) atoms. The van der Waals surface area contributed by atoms with Gasteiger partial charge in [0, 0.05) is 24.3 Å². The Bertz CT molecular complexity index is 650. The quantitative estimate of drug-likeness (QED) is 0.861. The molecule has 0 aliphatic carbocycles. The van der Waals surface area contributed by atoms with Crippen LogP contribution in [0.15, 0.2) is 40.8 Å². The van der Waals surface area contributed by atoms with Crippen molar-refractivity contribution < 1.29 is 9.21 Å². The number of nitrogen functional groups attached to an aromatic ring is 1. The SMILES string of the molecule is CC1CC(C)CN(C(=O)c2ccc(-c3ccc(N)cc3)o2)C1. The summed E-state index contributed by atoms with van der Waals surface area (Å²) in [4.78, 5) is 14.5. The van der Waals surface area contributed by atoms with Crippen LogP contribution in [-0.4, -0.2) is 23.9 Å². The molecule has 116 valence electrons. The fraction of sp³-hybridized carbons (Fsp3) is 0.389. The number of likely N-dealkylation sites (tertiary alicyclic amines) is 1. The van der Waals surface area contributed by atoms with Crippen LogP contribution >= 0.6 is 0 Å². The molecule has 1 amide bonds. The third-order valence-electron chi connectivity index (χ3n) is 4.17. The summed E-state index contributed by atoms with van der Waals surface area (Å²) in [6.07, 6.45) is 1.18. The number of piperidine rings is 1. The van der Waals surface area contributed by atoms with Gasteiger partial charge >= 0.3 is 0 Å². The number of hydrogen-bond donors (Lipinski definition) is 1. The Labute approximate surface area is 130 Å². The van der Waals surface area contributed by atoms with Crippen LogP contribution in [-0.2, 0) is 0 Å².